The molecule has 0 radical (unpaired) electrons. The Hall–Kier alpha value is -3.18. The lowest BCUT2D eigenvalue weighted by molar-refractivity contribution is 0.740. The molecule has 1 N–H and O–H groups in total. The summed E-state index contributed by atoms with van der Waals surface area (Å²) in [6.45, 7) is 2.12. The molecule has 1 aliphatic rings. The smallest absolute Gasteiger partial charge is 0.262 e. The van der Waals surface area contributed by atoms with E-state index in [2.05, 4.69) is 33.9 Å². The number of benzene rings is 2. The summed E-state index contributed by atoms with van der Waals surface area (Å²) in [4.78, 5) is 27.2. The van der Waals surface area contributed by atoms with Gasteiger partial charge in [-0.1, -0.05) is 48.0 Å². The number of halogens is 1. The predicted octanol–water partition coefficient (Wildman–Crippen LogP) is 4.72. The molecule has 1 aliphatic heterocycles. The lowest BCUT2D eigenvalue weighted by Gasteiger charge is -2.23. The van der Waals surface area contributed by atoms with Gasteiger partial charge >= 0.3 is 0 Å². The van der Waals surface area contributed by atoms with Gasteiger partial charge < -0.3 is 4.90 Å². The number of aromatic nitrogens is 3. The third-order valence-corrected chi connectivity index (χ3v) is 5.52. The average molecular weight is 389 g/mol. The maximum absolute atomic E-state index is 13.1. The van der Waals surface area contributed by atoms with E-state index in [0.29, 0.717) is 22.0 Å². The lowest BCUT2D eigenvalue weighted by Crippen LogP contribution is -2.28. The highest BCUT2D eigenvalue weighted by Gasteiger charge is 2.29. The van der Waals surface area contributed by atoms with Crippen LogP contribution >= 0.6 is 11.6 Å². The lowest BCUT2D eigenvalue weighted by atomic mass is 10.0. The third kappa shape index (κ3) is 2.59. The van der Waals surface area contributed by atoms with Crippen LogP contribution in [0.15, 0.2) is 65.6 Å². The highest BCUT2D eigenvalue weighted by Crippen LogP contribution is 2.37. The van der Waals surface area contributed by atoms with E-state index in [1.54, 1.807) is 12.3 Å². The summed E-state index contributed by atoms with van der Waals surface area (Å²) in [5.74, 6) is 0.513. The van der Waals surface area contributed by atoms with Crippen LogP contribution in [0.4, 0.5) is 11.6 Å². The van der Waals surface area contributed by atoms with E-state index in [1.165, 1.54) is 5.56 Å². The van der Waals surface area contributed by atoms with Gasteiger partial charge in [0.2, 0.25) is 5.95 Å². The molecule has 0 aliphatic carbocycles. The first-order chi connectivity index (χ1) is 13.6. The number of H-pyrrole nitrogens is 1. The van der Waals surface area contributed by atoms with Gasteiger partial charge in [-0.05, 0) is 37.1 Å². The van der Waals surface area contributed by atoms with Crippen molar-refractivity contribution >= 4 is 34.3 Å². The van der Waals surface area contributed by atoms with Crippen molar-refractivity contribution in [1.29, 1.82) is 0 Å². The normalized spacial score (nSPS) is 15.8. The Morgan fingerprint density at radius 1 is 1.07 bits per heavy atom. The first kappa shape index (κ1) is 17.0. The van der Waals surface area contributed by atoms with E-state index in [4.69, 9.17) is 16.6 Å². The second kappa shape index (κ2) is 6.46. The van der Waals surface area contributed by atoms with E-state index in [-0.39, 0.29) is 11.6 Å². The summed E-state index contributed by atoms with van der Waals surface area (Å²) in [6, 6.07) is 17.6. The van der Waals surface area contributed by atoms with Crippen LogP contribution < -0.4 is 10.5 Å². The van der Waals surface area contributed by atoms with Gasteiger partial charge in [0.25, 0.3) is 5.56 Å². The van der Waals surface area contributed by atoms with Crippen LogP contribution in [0.2, 0.25) is 5.02 Å². The number of fused-ring (bicyclic) bond motifs is 2. The Balaban J connectivity index is 1.72. The topological polar surface area (TPSA) is 61.9 Å². The minimum Gasteiger partial charge on any atom is -0.309 e. The maximum Gasteiger partial charge on any atom is 0.262 e. The number of anilines is 2. The van der Waals surface area contributed by atoms with E-state index in [0.717, 1.165) is 23.2 Å². The zero-order valence-electron chi connectivity index (χ0n) is 15.2. The molecule has 5 nitrogen and oxygen atoms in total. The van der Waals surface area contributed by atoms with Gasteiger partial charge in [-0.2, -0.15) is 4.98 Å². The molecule has 4 aromatic rings. The van der Waals surface area contributed by atoms with Crippen LogP contribution in [0.3, 0.4) is 0 Å². The zero-order chi connectivity index (χ0) is 19.3. The van der Waals surface area contributed by atoms with E-state index in [9.17, 15) is 4.79 Å². The van der Waals surface area contributed by atoms with Crippen molar-refractivity contribution in [1.82, 2.24) is 15.0 Å². The van der Waals surface area contributed by atoms with E-state index in [1.807, 2.05) is 36.4 Å². The Labute approximate surface area is 166 Å². The molecule has 5 rings (SSSR count). The van der Waals surface area contributed by atoms with Crippen LogP contribution in [0.25, 0.3) is 22.2 Å². The standard InChI is InChI=1S/C22H17ClN4O/c1-13-12-14-6-2-5-9-18(14)27(13)22-25-20-19(21(28)26-22)16(10-11-24-20)15-7-3-4-8-17(15)23/h2-11,13H,12H2,1H3,(H,24,25,26,28). The van der Waals surface area contributed by atoms with Crippen LogP contribution in [0, 0.1) is 0 Å². The number of hydrogen-bond acceptors (Lipinski definition) is 4. The van der Waals surface area contributed by atoms with Crippen LogP contribution in [-0.4, -0.2) is 21.0 Å². The average Bonchev–Trinajstić information content (AvgIpc) is 3.03. The summed E-state index contributed by atoms with van der Waals surface area (Å²) in [7, 11) is 0. The van der Waals surface area contributed by atoms with Gasteiger partial charge in [0.05, 0.1) is 5.39 Å². The van der Waals surface area contributed by atoms with Gasteiger partial charge in [-0.15, -0.1) is 0 Å². The van der Waals surface area contributed by atoms with Gasteiger partial charge in [0.15, 0.2) is 5.65 Å². The van der Waals surface area contributed by atoms with Crippen molar-refractivity contribution in [3.63, 3.8) is 0 Å². The number of para-hydroxylation sites is 1. The monoisotopic (exact) mass is 388 g/mol. The fourth-order valence-corrected chi connectivity index (χ4v) is 4.20. The number of hydrogen-bond donors (Lipinski definition) is 1. The first-order valence-electron chi connectivity index (χ1n) is 9.14. The molecule has 0 amide bonds. The number of pyridine rings is 1. The highest BCUT2D eigenvalue weighted by atomic mass is 35.5. The number of rotatable bonds is 2. The molecule has 0 spiro atoms. The Morgan fingerprint density at radius 3 is 2.71 bits per heavy atom. The zero-order valence-corrected chi connectivity index (χ0v) is 15.9. The second-order valence-electron chi connectivity index (χ2n) is 6.98. The summed E-state index contributed by atoms with van der Waals surface area (Å²) < 4.78 is 0. The van der Waals surface area contributed by atoms with Crippen LogP contribution in [0.1, 0.15) is 12.5 Å². The van der Waals surface area contributed by atoms with Gasteiger partial charge in [-0.25, -0.2) is 4.98 Å². The SMILES string of the molecule is CC1Cc2ccccc2N1c1nc2nccc(-c3ccccc3Cl)c2c(=O)[nH]1. The van der Waals surface area contributed by atoms with Crippen molar-refractivity contribution in [3.05, 3.63) is 81.7 Å². The molecule has 1 unspecified atom stereocenters. The summed E-state index contributed by atoms with van der Waals surface area (Å²) in [5.41, 5.74) is 4.02. The molecule has 138 valence electrons. The molecule has 0 saturated heterocycles. The second-order valence-corrected chi connectivity index (χ2v) is 7.39. The van der Waals surface area contributed by atoms with Crippen molar-refractivity contribution in [3.8, 4) is 11.1 Å². The molecule has 2 aromatic carbocycles. The molecule has 0 bridgehead atoms. The Bertz CT molecular complexity index is 1270. The van der Waals surface area contributed by atoms with Crippen molar-refractivity contribution in [2.75, 3.05) is 4.90 Å². The Morgan fingerprint density at radius 2 is 1.86 bits per heavy atom. The quantitative estimate of drug-likeness (QED) is 0.539. The summed E-state index contributed by atoms with van der Waals surface area (Å²) >= 11 is 6.36. The predicted molar refractivity (Wildman–Crippen MR) is 112 cm³/mol. The molecule has 6 heteroatoms. The molecular formula is C22H17ClN4O. The maximum atomic E-state index is 13.1. The summed E-state index contributed by atoms with van der Waals surface area (Å²) in [6.07, 6.45) is 2.57. The molecule has 3 heterocycles. The highest BCUT2D eigenvalue weighted by molar-refractivity contribution is 6.33. The van der Waals surface area contributed by atoms with Crippen molar-refractivity contribution in [2.24, 2.45) is 0 Å². The molecule has 1 atom stereocenters. The molecular weight excluding hydrogens is 372 g/mol. The third-order valence-electron chi connectivity index (χ3n) is 5.19. The molecule has 28 heavy (non-hydrogen) atoms. The number of aromatic amines is 1. The molecule has 0 saturated carbocycles. The Kier molecular flexibility index (Phi) is 3.91. The number of nitrogens with zero attached hydrogens (tertiary/aromatic N) is 3. The number of nitrogens with one attached hydrogen (secondary N) is 1. The molecule has 2 aromatic heterocycles. The van der Waals surface area contributed by atoms with Gasteiger partial charge in [0.1, 0.15) is 0 Å². The van der Waals surface area contributed by atoms with Crippen LogP contribution in [0.5, 0.6) is 0 Å². The van der Waals surface area contributed by atoms with Crippen molar-refractivity contribution in [2.45, 2.75) is 19.4 Å². The summed E-state index contributed by atoms with van der Waals surface area (Å²) in [5, 5.41) is 1.03. The van der Waals surface area contributed by atoms with Gasteiger partial charge in [0, 0.05) is 34.1 Å². The fourth-order valence-electron chi connectivity index (χ4n) is 3.96. The fraction of sp³-hybridized carbons (Fsp3) is 0.136. The van der Waals surface area contributed by atoms with Gasteiger partial charge in [-0.3, -0.25) is 9.78 Å². The minimum atomic E-state index is -0.223. The van der Waals surface area contributed by atoms with E-state index >= 15 is 0 Å². The first-order valence-corrected chi connectivity index (χ1v) is 9.52. The largest absolute Gasteiger partial charge is 0.309 e. The van der Waals surface area contributed by atoms with E-state index < -0.39 is 0 Å². The van der Waals surface area contributed by atoms with Crippen LogP contribution in [-0.2, 0) is 6.42 Å². The minimum absolute atomic E-state index is 0.199. The van der Waals surface area contributed by atoms with Crippen molar-refractivity contribution < 1.29 is 0 Å². The molecule has 0 fully saturated rings.